The molecule has 1 unspecified atom stereocenters. The Morgan fingerprint density at radius 3 is 2.44 bits per heavy atom. The summed E-state index contributed by atoms with van der Waals surface area (Å²) in [6, 6.07) is 3.35. The van der Waals surface area contributed by atoms with Crippen LogP contribution in [0, 0.1) is 13.8 Å². The number of carbonyl (C=O) groups excluding carboxylic acids is 2. The molecule has 0 saturated heterocycles. The Kier molecular flexibility index (Phi) is 9.21. The second-order valence-corrected chi connectivity index (χ2v) is 6.58. The van der Waals surface area contributed by atoms with Gasteiger partial charge in [0.15, 0.2) is 0 Å². The lowest BCUT2D eigenvalue weighted by Gasteiger charge is -2.18. The van der Waals surface area contributed by atoms with Crippen LogP contribution in [0.15, 0.2) is 12.1 Å². The largest absolute Gasteiger partial charge is 0.465 e. The van der Waals surface area contributed by atoms with Crippen LogP contribution in [0.5, 0.6) is 0 Å². The van der Waals surface area contributed by atoms with E-state index < -0.39 is 5.97 Å². The summed E-state index contributed by atoms with van der Waals surface area (Å²) in [5, 5.41) is 6.12. The number of rotatable bonds is 10. The SMILES string of the molecule is CCCCCCCNC(C)C(=O)Nc1c(C)cc(C)cc1C(=O)OC. The van der Waals surface area contributed by atoms with Crippen LogP contribution in [-0.4, -0.2) is 31.6 Å². The summed E-state index contributed by atoms with van der Waals surface area (Å²) in [5.41, 5.74) is 2.72. The number of carbonyl (C=O) groups is 2. The molecular formula is C20H32N2O3. The van der Waals surface area contributed by atoms with Crippen LogP contribution in [0.1, 0.15) is 67.4 Å². The van der Waals surface area contributed by atoms with Crippen LogP contribution in [0.2, 0.25) is 0 Å². The number of nitrogens with one attached hydrogen (secondary N) is 2. The third-order valence-electron chi connectivity index (χ3n) is 4.26. The van der Waals surface area contributed by atoms with E-state index in [1.165, 1.54) is 32.8 Å². The van der Waals surface area contributed by atoms with Gasteiger partial charge >= 0.3 is 5.97 Å². The lowest BCUT2D eigenvalue weighted by molar-refractivity contribution is -0.117. The van der Waals surface area contributed by atoms with E-state index in [1.54, 1.807) is 6.07 Å². The van der Waals surface area contributed by atoms with E-state index in [1.807, 2.05) is 26.8 Å². The summed E-state index contributed by atoms with van der Waals surface area (Å²) < 4.78 is 4.83. The highest BCUT2D eigenvalue weighted by Crippen LogP contribution is 2.24. The van der Waals surface area contributed by atoms with Gasteiger partial charge in [-0.1, -0.05) is 38.7 Å². The zero-order valence-corrected chi connectivity index (χ0v) is 16.2. The Hall–Kier alpha value is -1.88. The summed E-state index contributed by atoms with van der Waals surface area (Å²) in [6.45, 7) is 8.63. The van der Waals surface area contributed by atoms with E-state index in [9.17, 15) is 9.59 Å². The Morgan fingerprint density at radius 2 is 1.80 bits per heavy atom. The average Bonchev–Trinajstić information content (AvgIpc) is 2.58. The lowest BCUT2D eigenvalue weighted by atomic mass is 10.0. The van der Waals surface area contributed by atoms with Crippen LogP contribution in [0.25, 0.3) is 0 Å². The van der Waals surface area contributed by atoms with Gasteiger partial charge in [0.2, 0.25) is 5.91 Å². The van der Waals surface area contributed by atoms with E-state index in [4.69, 9.17) is 4.74 Å². The van der Waals surface area contributed by atoms with Crippen molar-refractivity contribution in [2.24, 2.45) is 0 Å². The fourth-order valence-corrected chi connectivity index (χ4v) is 2.78. The summed E-state index contributed by atoms with van der Waals surface area (Å²) >= 11 is 0. The van der Waals surface area contributed by atoms with Crippen molar-refractivity contribution in [2.45, 2.75) is 65.8 Å². The minimum absolute atomic E-state index is 0.148. The van der Waals surface area contributed by atoms with Crippen LogP contribution >= 0.6 is 0 Å². The number of anilines is 1. The number of ether oxygens (including phenoxy) is 1. The zero-order chi connectivity index (χ0) is 18.8. The quantitative estimate of drug-likeness (QED) is 0.496. The van der Waals surface area contributed by atoms with E-state index in [0.717, 1.165) is 24.1 Å². The van der Waals surface area contributed by atoms with Crippen LogP contribution in [0.4, 0.5) is 5.69 Å². The molecule has 0 radical (unpaired) electrons. The first-order valence-electron chi connectivity index (χ1n) is 9.14. The van der Waals surface area contributed by atoms with Gasteiger partial charge in [-0.15, -0.1) is 0 Å². The van der Waals surface area contributed by atoms with Gasteiger partial charge in [-0.05, 0) is 50.9 Å². The second-order valence-electron chi connectivity index (χ2n) is 6.58. The molecule has 0 aromatic heterocycles. The Balaban J connectivity index is 2.65. The fourth-order valence-electron chi connectivity index (χ4n) is 2.78. The number of esters is 1. The molecule has 0 heterocycles. The van der Waals surface area contributed by atoms with E-state index in [2.05, 4.69) is 17.6 Å². The number of hydrogen-bond donors (Lipinski definition) is 2. The van der Waals surface area contributed by atoms with E-state index in [0.29, 0.717) is 11.3 Å². The highest BCUT2D eigenvalue weighted by molar-refractivity contribution is 6.03. The van der Waals surface area contributed by atoms with Crippen molar-refractivity contribution in [3.8, 4) is 0 Å². The predicted octanol–water partition coefficient (Wildman–Crippen LogP) is 3.98. The van der Waals surface area contributed by atoms with Gasteiger partial charge in [-0.3, -0.25) is 4.79 Å². The Bertz CT molecular complexity index is 585. The number of aryl methyl sites for hydroxylation is 2. The first-order chi connectivity index (χ1) is 11.9. The topological polar surface area (TPSA) is 67.4 Å². The van der Waals surface area contributed by atoms with Crippen LogP contribution < -0.4 is 10.6 Å². The molecule has 140 valence electrons. The van der Waals surface area contributed by atoms with Gasteiger partial charge in [0.25, 0.3) is 0 Å². The molecule has 1 atom stereocenters. The molecular weight excluding hydrogens is 316 g/mol. The molecule has 1 aromatic rings. The summed E-state index contributed by atoms with van der Waals surface area (Å²) in [5.74, 6) is -0.593. The highest BCUT2D eigenvalue weighted by Gasteiger charge is 2.19. The van der Waals surface area contributed by atoms with Gasteiger partial charge < -0.3 is 15.4 Å². The number of unbranched alkanes of at least 4 members (excludes halogenated alkanes) is 4. The fraction of sp³-hybridized carbons (Fsp3) is 0.600. The van der Waals surface area contributed by atoms with Crippen molar-refractivity contribution in [3.63, 3.8) is 0 Å². The van der Waals surface area contributed by atoms with Crippen molar-refractivity contribution < 1.29 is 14.3 Å². The smallest absolute Gasteiger partial charge is 0.339 e. The van der Waals surface area contributed by atoms with Crippen molar-refractivity contribution in [3.05, 3.63) is 28.8 Å². The van der Waals surface area contributed by atoms with Crippen molar-refractivity contribution in [1.29, 1.82) is 0 Å². The van der Waals surface area contributed by atoms with Crippen molar-refractivity contribution in [2.75, 3.05) is 19.0 Å². The van der Waals surface area contributed by atoms with E-state index in [-0.39, 0.29) is 11.9 Å². The standard InChI is InChI=1S/C20H32N2O3/c1-6-7-8-9-10-11-21-16(4)19(23)22-18-15(3)12-14(2)13-17(18)20(24)25-5/h12-13,16,21H,6-11H2,1-5H3,(H,22,23). The molecule has 0 aliphatic rings. The predicted molar refractivity (Wildman–Crippen MR) is 102 cm³/mol. The molecule has 0 spiro atoms. The maximum atomic E-state index is 12.5. The average molecular weight is 348 g/mol. The maximum Gasteiger partial charge on any atom is 0.339 e. The highest BCUT2D eigenvalue weighted by atomic mass is 16.5. The van der Waals surface area contributed by atoms with Gasteiger partial charge in [0, 0.05) is 0 Å². The first-order valence-corrected chi connectivity index (χ1v) is 9.14. The lowest BCUT2D eigenvalue weighted by Crippen LogP contribution is -2.39. The van der Waals surface area contributed by atoms with Crippen LogP contribution in [0.3, 0.4) is 0 Å². The summed E-state index contributed by atoms with van der Waals surface area (Å²) in [7, 11) is 1.34. The molecule has 5 nitrogen and oxygen atoms in total. The molecule has 0 aliphatic heterocycles. The number of hydrogen-bond acceptors (Lipinski definition) is 4. The molecule has 0 saturated carbocycles. The second kappa shape index (κ2) is 10.9. The third-order valence-corrected chi connectivity index (χ3v) is 4.26. The molecule has 1 rings (SSSR count). The molecule has 0 fully saturated rings. The van der Waals surface area contributed by atoms with Crippen LogP contribution in [-0.2, 0) is 9.53 Å². The zero-order valence-electron chi connectivity index (χ0n) is 16.2. The number of benzene rings is 1. The maximum absolute atomic E-state index is 12.5. The monoisotopic (exact) mass is 348 g/mol. The Labute approximate surface area is 151 Å². The molecule has 25 heavy (non-hydrogen) atoms. The molecule has 0 aliphatic carbocycles. The van der Waals surface area contributed by atoms with Gasteiger partial charge in [0.1, 0.15) is 0 Å². The van der Waals surface area contributed by atoms with Gasteiger partial charge in [0.05, 0.1) is 24.4 Å². The third kappa shape index (κ3) is 6.86. The van der Waals surface area contributed by atoms with Gasteiger partial charge in [-0.2, -0.15) is 0 Å². The normalized spacial score (nSPS) is 11.9. The van der Waals surface area contributed by atoms with E-state index >= 15 is 0 Å². The molecule has 5 heteroatoms. The Morgan fingerprint density at radius 1 is 1.12 bits per heavy atom. The molecule has 2 N–H and O–H groups in total. The first kappa shape index (κ1) is 21.2. The summed E-state index contributed by atoms with van der Waals surface area (Å²) in [6.07, 6.45) is 5.97. The molecule has 1 aromatic carbocycles. The molecule has 1 amide bonds. The van der Waals surface area contributed by atoms with Crippen molar-refractivity contribution in [1.82, 2.24) is 5.32 Å². The minimum Gasteiger partial charge on any atom is -0.465 e. The molecule has 0 bridgehead atoms. The van der Waals surface area contributed by atoms with Crippen molar-refractivity contribution >= 4 is 17.6 Å². The van der Waals surface area contributed by atoms with Gasteiger partial charge in [-0.25, -0.2) is 4.79 Å². The minimum atomic E-state index is -0.446. The number of methoxy groups -OCH3 is 1. The summed E-state index contributed by atoms with van der Waals surface area (Å²) in [4.78, 5) is 24.5. The number of amides is 1.